The van der Waals surface area contributed by atoms with Gasteiger partial charge in [0.15, 0.2) is 0 Å². The molecular formula is C37H46N4O4. The molecule has 238 valence electrons. The van der Waals surface area contributed by atoms with Crippen LogP contribution in [0, 0.1) is 5.92 Å². The smallest absolute Gasteiger partial charge is 0.411 e. The largest absolute Gasteiger partial charge is 0.446 e. The third-order valence-corrected chi connectivity index (χ3v) is 9.15. The molecule has 0 atom stereocenters. The van der Waals surface area contributed by atoms with Gasteiger partial charge in [0.05, 0.1) is 5.69 Å². The van der Waals surface area contributed by atoms with Gasteiger partial charge in [-0.2, -0.15) is 0 Å². The Morgan fingerprint density at radius 2 is 1.47 bits per heavy atom. The number of para-hydroxylation sites is 1. The molecule has 2 fully saturated rings. The summed E-state index contributed by atoms with van der Waals surface area (Å²) in [6.07, 6.45) is 3.48. The number of ether oxygens (including phenoxy) is 1. The molecule has 2 saturated heterocycles. The Labute approximate surface area is 267 Å². The van der Waals surface area contributed by atoms with Crippen molar-refractivity contribution in [2.75, 3.05) is 51.6 Å². The first-order valence-electron chi connectivity index (χ1n) is 16.3. The highest BCUT2D eigenvalue weighted by Gasteiger charge is 2.25. The molecule has 0 radical (unpaired) electrons. The van der Waals surface area contributed by atoms with Gasteiger partial charge in [0.2, 0.25) is 0 Å². The molecule has 2 amide bonds. The molecule has 2 aliphatic rings. The number of likely N-dealkylation sites (tertiary alicyclic amines) is 2. The quantitative estimate of drug-likeness (QED) is 0.273. The summed E-state index contributed by atoms with van der Waals surface area (Å²) in [5, 5.41) is 2.93. The maximum absolute atomic E-state index is 13.1. The Hall–Kier alpha value is -4.01. The van der Waals surface area contributed by atoms with E-state index in [9.17, 15) is 14.4 Å². The molecule has 45 heavy (non-hydrogen) atoms. The second-order valence-electron chi connectivity index (χ2n) is 12.3. The number of likely N-dealkylation sites (N-methyl/N-ethyl adjacent to an activating group) is 1. The number of anilines is 1. The number of nitrogens with one attached hydrogen (secondary N) is 1. The number of benzene rings is 3. The summed E-state index contributed by atoms with van der Waals surface area (Å²) in [5.74, 6) is 0.634. The van der Waals surface area contributed by atoms with Crippen LogP contribution in [0.25, 0.3) is 11.1 Å². The van der Waals surface area contributed by atoms with Gasteiger partial charge in [-0.1, -0.05) is 67.6 Å². The van der Waals surface area contributed by atoms with E-state index in [0.717, 1.165) is 81.8 Å². The minimum absolute atomic E-state index is 0.0196. The molecule has 0 aromatic heterocycles. The molecule has 0 aliphatic carbocycles. The first kappa shape index (κ1) is 32.4. The van der Waals surface area contributed by atoms with Crippen LogP contribution in [0.1, 0.15) is 54.9 Å². The number of amides is 2. The first-order valence-corrected chi connectivity index (χ1v) is 16.3. The fraction of sp³-hybridized carbons (Fsp3) is 0.432. The lowest BCUT2D eigenvalue weighted by Crippen LogP contribution is -2.42. The zero-order chi connectivity index (χ0) is 31.6. The van der Waals surface area contributed by atoms with Crippen LogP contribution < -0.4 is 5.32 Å². The summed E-state index contributed by atoms with van der Waals surface area (Å²) in [4.78, 5) is 44.3. The first-order chi connectivity index (χ1) is 21.9. The predicted molar refractivity (Wildman–Crippen MR) is 178 cm³/mol. The highest BCUT2D eigenvalue weighted by molar-refractivity contribution is 5.94. The van der Waals surface area contributed by atoms with Crippen LogP contribution in [0.5, 0.6) is 0 Å². The molecular weight excluding hydrogens is 564 g/mol. The summed E-state index contributed by atoms with van der Waals surface area (Å²) in [6.45, 7) is 7.73. The summed E-state index contributed by atoms with van der Waals surface area (Å²) in [7, 11) is 1.85. The molecule has 8 heteroatoms. The number of carbonyl (C=O) groups excluding carboxylic acids is 3. The molecule has 0 bridgehead atoms. The Morgan fingerprint density at radius 3 is 2.16 bits per heavy atom. The van der Waals surface area contributed by atoms with E-state index < -0.39 is 6.09 Å². The third kappa shape index (κ3) is 9.02. The Morgan fingerprint density at radius 1 is 0.822 bits per heavy atom. The van der Waals surface area contributed by atoms with Crippen molar-refractivity contribution < 1.29 is 19.1 Å². The van der Waals surface area contributed by atoms with Gasteiger partial charge in [-0.05, 0) is 68.1 Å². The molecule has 2 heterocycles. The molecule has 3 aromatic carbocycles. The van der Waals surface area contributed by atoms with Crippen LogP contribution in [0.2, 0.25) is 0 Å². The summed E-state index contributed by atoms with van der Waals surface area (Å²) in [5.41, 5.74) is 4.61. The van der Waals surface area contributed by atoms with Crippen LogP contribution in [-0.2, 0) is 16.1 Å². The molecule has 0 unspecified atom stereocenters. The second-order valence-corrected chi connectivity index (χ2v) is 12.3. The highest BCUT2D eigenvalue weighted by atomic mass is 16.6. The fourth-order valence-corrected chi connectivity index (χ4v) is 6.33. The van der Waals surface area contributed by atoms with Crippen molar-refractivity contribution in [3.8, 4) is 11.1 Å². The lowest BCUT2D eigenvalue weighted by molar-refractivity contribution is -0.124. The lowest BCUT2D eigenvalue weighted by atomic mass is 9.91. The molecule has 8 nitrogen and oxygen atoms in total. The van der Waals surface area contributed by atoms with Gasteiger partial charge in [0.1, 0.15) is 11.9 Å². The number of ketones is 1. The van der Waals surface area contributed by atoms with E-state index in [1.807, 2.05) is 92.8 Å². The number of hydrogen-bond donors (Lipinski definition) is 1. The standard InChI is InChI=1S/C37H46N4O4/c1-3-35(42)30-17-21-41(22-18-30)27-28-13-15-31(16-14-28)36(43)39(2)25-26-40-23-19-32(20-24-40)45-37(44)38-34-12-8-7-11-33(34)29-9-5-4-6-10-29/h4-16,30,32H,3,17-27H2,1-2H3,(H,38,44). The lowest BCUT2D eigenvalue weighted by Gasteiger charge is -2.32. The van der Waals surface area contributed by atoms with Gasteiger partial charge in [-0.3, -0.25) is 19.8 Å². The zero-order valence-corrected chi connectivity index (χ0v) is 26.6. The van der Waals surface area contributed by atoms with Crippen molar-refractivity contribution in [1.29, 1.82) is 0 Å². The van der Waals surface area contributed by atoms with Gasteiger partial charge in [-0.15, -0.1) is 0 Å². The molecule has 0 spiro atoms. The van der Waals surface area contributed by atoms with Crippen molar-refractivity contribution in [2.45, 2.75) is 51.7 Å². The van der Waals surface area contributed by atoms with Crippen molar-refractivity contribution >= 4 is 23.5 Å². The van der Waals surface area contributed by atoms with Crippen LogP contribution in [0.4, 0.5) is 10.5 Å². The van der Waals surface area contributed by atoms with Gasteiger partial charge < -0.3 is 14.5 Å². The molecule has 0 saturated carbocycles. The van der Waals surface area contributed by atoms with Gasteiger partial charge >= 0.3 is 6.09 Å². The Bertz CT molecular complexity index is 1410. The Kier molecular flexibility index (Phi) is 11.4. The molecule has 1 N–H and O–H groups in total. The molecule has 2 aliphatic heterocycles. The van der Waals surface area contributed by atoms with Crippen molar-refractivity contribution in [2.24, 2.45) is 5.92 Å². The summed E-state index contributed by atoms with van der Waals surface area (Å²) >= 11 is 0. The SMILES string of the molecule is CCC(=O)C1CCN(Cc2ccc(C(=O)N(C)CCN3CCC(OC(=O)Nc4ccccc4-c4ccccc4)CC3)cc2)CC1. The third-order valence-electron chi connectivity index (χ3n) is 9.15. The zero-order valence-electron chi connectivity index (χ0n) is 26.6. The van der Waals surface area contributed by atoms with Gasteiger partial charge in [0, 0.05) is 63.2 Å². The number of nitrogens with zero attached hydrogens (tertiary/aromatic N) is 3. The monoisotopic (exact) mass is 610 g/mol. The van der Waals surface area contributed by atoms with Gasteiger partial charge in [0.25, 0.3) is 5.91 Å². The number of rotatable bonds is 11. The number of piperidine rings is 2. The van der Waals surface area contributed by atoms with Crippen LogP contribution in [0.3, 0.4) is 0 Å². The average Bonchev–Trinajstić information content (AvgIpc) is 3.08. The highest BCUT2D eigenvalue weighted by Crippen LogP contribution is 2.28. The summed E-state index contributed by atoms with van der Waals surface area (Å²) in [6, 6.07) is 25.7. The van der Waals surface area contributed by atoms with E-state index in [1.165, 1.54) is 5.56 Å². The van der Waals surface area contributed by atoms with Gasteiger partial charge in [-0.25, -0.2) is 4.79 Å². The normalized spacial score (nSPS) is 16.7. The van der Waals surface area contributed by atoms with E-state index in [1.54, 1.807) is 4.90 Å². The number of carbonyl (C=O) groups is 3. The summed E-state index contributed by atoms with van der Waals surface area (Å²) < 4.78 is 5.77. The van der Waals surface area contributed by atoms with Crippen LogP contribution in [0.15, 0.2) is 78.9 Å². The van der Waals surface area contributed by atoms with Crippen LogP contribution in [-0.4, -0.2) is 84.9 Å². The second kappa shape index (κ2) is 15.8. The molecule has 5 rings (SSSR count). The van der Waals surface area contributed by atoms with E-state index in [0.29, 0.717) is 24.3 Å². The van der Waals surface area contributed by atoms with Crippen molar-refractivity contribution in [1.82, 2.24) is 14.7 Å². The van der Waals surface area contributed by atoms with E-state index >= 15 is 0 Å². The topological polar surface area (TPSA) is 82.2 Å². The minimum Gasteiger partial charge on any atom is -0.446 e. The number of Topliss-reactive ketones (excluding diaryl/α,β-unsaturated/α-hetero) is 1. The number of hydrogen-bond acceptors (Lipinski definition) is 6. The minimum atomic E-state index is -0.429. The fourth-order valence-electron chi connectivity index (χ4n) is 6.33. The average molecular weight is 611 g/mol. The van der Waals surface area contributed by atoms with E-state index in [-0.39, 0.29) is 17.9 Å². The van der Waals surface area contributed by atoms with Crippen LogP contribution >= 0.6 is 0 Å². The maximum atomic E-state index is 13.1. The molecule has 3 aromatic rings. The van der Waals surface area contributed by atoms with Crippen molar-refractivity contribution in [3.05, 3.63) is 90.0 Å². The van der Waals surface area contributed by atoms with E-state index in [2.05, 4.69) is 15.1 Å². The van der Waals surface area contributed by atoms with Crippen molar-refractivity contribution in [3.63, 3.8) is 0 Å². The Balaban J connectivity index is 1.01. The van der Waals surface area contributed by atoms with E-state index in [4.69, 9.17) is 4.74 Å². The maximum Gasteiger partial charge on any atom is 0.411 e. The predicted octanol–water partition coefficient (Wildman–Crippen LogP) is 6.33.